The highest BCUT2D eigenvalue weighted by molar-refractivity contribution is 5.92. The van der Waals surface area contributed by atoms with Crippen molar-refractivity contribution in [3.8, 4) is 11.5 Å². The summed E-state index contributed by atoms with van der Waals surface area (Å²) in [6.07, 6.45) is 1.43. The molecule has 0 unspecified atom stereocenters. The molecule has 0 spiro atoms. The third-order valence-corrected chi connectivity index (χ3v) is 3.93. The van der Waals surface area contributed by atoms with Gasteiger partial charge in [0.1, 0.15) is 12.4 Å². The number of fused-ring (bicyclic) bond motifs is 1. The molecule has 2 heterocycles. The van der Waals surface area contributed by atoms with Gasteiger partial charge in [-0.1, -0.05) is 12.1 Å². The second kappa shape index (κ2) is 6.23. The van der Waals surface area contributed by atoms with Crippen LogP contribution in [-0.2, 0) is 9.53 Å². The van der Waals surface area contributed by atoms with Gasteiger partial charge in [-0.05, 0) is 13.0 Å². The Bertz CT molecular complexity index is 812. The normalized spacial score (nSPS) is 16.2. The lowest BCUT2D eigenvalue weighted by Crippen LogP contribution is -2.29. The number of anilines is 1. The molecule has 1 aliphatic heterocycles. The number of nitrogens with zero attached hydrogens (tertiary/aromatic N) is 3. The lowest BCUT2D eigenvalue weighted by Gasteiger charge is -2.29. The minimum atomic E-state index is -0.541. The number of hydrogen-bond acceptors (Lipinski definition) is 7. The van der Waals surface area contributed by atoms with E-state index in [2.05, 4.69) is 15.4 Å². The monoisotopic (exact) mass is 330 g/mol. The average molecular weight is 330 g/mol. The molecule has 8 heteroatoms. The summed E-state index contributed by atoms with van der Waals surface area (Å²) in [7, 11) is 4.46. The maximum atomic E-state index is 12.4. The van der Waals surface area contributed by atoms with Crippen LogP contribution < -0.4 is 14.8 Å². The lowest BCUT2D eigenvalue weighted by molar-refractivity contribution is -0.136. The zero-order valence-electron chi connectivity index (χ0n) is 13.9. The van der Waals surface area contributed by atoms with E-state index in [9.17, 15) is 4.79 Å². The van der Waals surface area contributed by atoms with Gasteiger partial charge in [0.2, 0.25) is 5.95 Å². The van der Waals surface area contributed by atoms with E-state index >= 15 is 0 Å². The van der Waals surface area contributed by atoms with Gasteiger partial charge in [-0.15, -0.1) is 0 Å². The number of methoxy groups -OCH3 is 3. The second-order valence-corrected chi connectivity index (χ2v) is 5.17. The molecule has 0 saturated carbocycles. The summed E-state index contributed by atoms with van der Waals surface area (Å²) in [6.45, 7) is 1.80. The number of carbonyl (C=O) groups is 1. The molecule has 8 nitrogen and oxygen atoms in total. The smallest absolute Gasteiger partial charge is 0.338 e. The Morgan fingerprint density at radius 2 is 2.04 bits per heavy atom. The minimum absolute atomic E-state index is 0.432. The molecule has 0 bridgehead atoms. The van der Waals surface area contributed by atoms with E-state index in [1.807, 2.05) is 12.1 Å². The maximum Gasteiger partial charge on any atom is 0.338 e. The molecule has 24 heavy (non-hydrogen) atoms. The van der Waals surface area contributed by atoms with Crippen molar-refractivity contribution in [3.63, 3.8) is 0 Å². The summed E-state index contributed by atoms with van der Waals surface area (Å²) in [6, 6.07) is 4.94. The molecule has 1 aliphatic rings. The summed E-state index contributed by atoms with van der Waals surface area (Å²) in [5.74, 6) is 1.19. The molecule has 3 rings (SSSR count). The van der Waals surface area contributed by atoms with E-state index < -0.39 is 12.0 Å². The highest BCUT2D eigenvalue weighted by Gasteiger charge is 2.36. The number of rotatable bonds is 4. The first-order valence-corrected chi connectivity index (χ1v) is 7.28. The fourth-order valence-corrected chi connectivity index (χ4v) is 2.88. The van der Waals surface area contributed by atoms with Crippen LogP contribution in [0.2, 0.25) is 0 Å². The number of hydrogen-bond donors (Lipinski definition) is 1. The number of aromatic nitrogens is 3. The summed E-state index contributed by atoms with van der Waals surface area (Å²) < 4.78 is 17.5. The van der Waals surface area contributed by atoms with Crippen LogP contribution in [0.3, 0.4) is 0 Å². The maximum absolute atomic E-state index is 12.4. The zero-order valence-corrected chi connectivity index (χ0v) is 13.9. The first kappa shape index (κ1) is 15.9. The molecule has 0 amide bonds. The van der Waals surface area contributed by atoms with E-state index in [1.165, 1.54) is 13.4 Å². The van der Waals surface area contributed by atoms with Crippen molar-refractivity contribution in [2.45, 2.75) is 13.0 Å². The number of allylic oxidation sites excluding steroid dienone is 1. The first-order valence-electron chi connectivity index (χ1n) is 7.28. The SMILES string of the molecule is COC(=O)C1=C(C)Nc2ncnn2[C@@H]1c1cccc(OC)c1OC. The fraction of sp³-hybridized carbons (Fsp3) is 0.312. The van der Waals surface area contributed by atoms with Crippen LogP contribution in [-0.4, -0.2) is 42.1 Å². The fourth-order valence-electron chi connectivity index (χ4n) is 2.88. The van der Waals surface area contributed by atoms with Gasteiger partial charge in [0.05, 0.1) is 26.9 Å². The molecule has 2 aromatic rings. The highest BCUT2D eigenvalue weighted by Crippen LogP contribution is 2.42. The van der Waals surface area contributed by atoms with E-state index in [-0.39, 0.29) is 0 Å². The van der Waals surface area contributed by atoms with Crippen LogP contribution >= 0.6 is 0 Å². The van der Waals surface area contributed by atoms with E-state index in [4.69, 9.17) is 14.2 Å². The number of nitrogens with one attached hydrogen (secondary N) is 1. The van der Waals surface area contributed by atoms with Crippen LogP contribution in [0, 0.1) is 0 Å². The minimum Gasteiger partial charge on any atom is -0.493 e. The van der Waals surface area contributed by atoms with E-state index in [0.717, 1.165) is 5.56 Å². The first-order chi connectivity index (χ1) is 11.6. The molecule has 0 fully saturated rings. The molecule has 1 aromatic carbocycles. The van der Waals surface area contributed by atoms with Crippen molar-refractivity contribution >= 4 is 11.9 Å². The molecule has 126 valence electrons. The zero-order chi connectivity index (χ0) is 17.3. The lowest BCUT2D eigenvalue weighted by atomic mass is 9.94. The average Bonchev–Trinajstić information content (AvgIpc) is 3.06. The summed E-state index contributed by atoms with van der Waals surface area (Å²) in [4.78, 5) is 16.6. The highest BCUT2D eigenvalue weighted by atomic mass is 16.5. The predicted molar refractivity (Wildman–Crippen MR) is 86.0 cm³/mol. The van der Waals surface area contributed by atoms with Crippen molar-refractivity contribution in [1.29, 1.82) is 0 Å². The molecule has 0 saturated heterocycles. The molecular weight excluding hydrogens is 312 g/mol. The number of para-hydroxylation sites is 1. The van der Waals surface area contributed by atoms with Crippen molar-refractivity contribution in [1.82, 2.24) is 14.8 Å². The Hall–Kier alpha value is -3.03. The van der Waals surface area contributed by atoms with Gasteiger partial charge in [0.25, 0.3) is 0 Å². The third kappa shape index (κ3) is 2.36. The van der Waals surface area contributed by atoms with Crippen LogP contribution in [0.1, 0.15) is 18.5 Å². The molecule has 1 N–H and O–H groups in total. The summed E-state index contributed by atoms with van der Waals surface area (Å²) in [5.41, 5.74) is 1.81. The molecule has 0 aliphatic carbocycles. The molecule has 1 aromatic heterocycles. The van der Waals surface area contributed by atoms with E-state index in [1.54, 1.807) is 31.9 Å². The van der Waals surface area contributed by atoms with Crippen molar-refractivity contribution < 1.29 is 19.0 Å². The van der Waals surface area contributed by atoms with Crippen LogP contribution in [0.15, 0.2) is 35.8 Å². The second-order valence-electron chi connectivity index (χ2n) is 5.17. The quantitative estimate of drug-likeness (QED) is 0.855. The van der Waals surface area contributed by atoms with Gasteiger partial charge >= 0.3 is 5.97 Å². The topological polar surface area (TPSA) is 87.5 Å². The molecule has 0 radical (unpaired) electrons. The number of carbonyl (C=O) groups excluding carboxylic acids is 1. The van der Waals surface area contributed by atoms with Crippen molar-refractivity contribution in [2.24, 2.45) is 0 Å². The van der Waals surface area contributed by atoms with Crippen molar-refractivity contribution in [3.05, 3.63) is 41.4 Å². The van der Waals surface area contributed by atoms with Gasteiger partial charge < -0.3 is 19.5 Å². The standard InChI is InChI=1S/C16H18N4O4/c1-9-12(15(21)24-4)13(20-16(19-9)17-8-18-20)10-6-5-7-11(22-2)14(10)23-3/h5-8,13H,1-4H3,(H,17,18,19)/t13-/m1/s1. The molecular formula is C16H18N4O4. The third-order valence-electron chi connectivity index (χ3n) is 3.93. The van der Waals surface area contributed by atoms with Crippen LogP contribution in [0.5, 0.6) is 11.5 Å². The Kier molecular flexibility index (Phi) is 4.11. The number of benzene rings is 1. The van der Waals surface area contributed by atoms with Gasteiger partial charge in [-0.25, -0.2) is 9.48 Å². The largest absolute Gasteiger partial charge is 0.493 e. The Morgan fingerprint density at radius 1 is 1.25 bits per heavy atom. The Labute approximate surface area is 139 Å². The Morgan fingerprint density at radius 3 is 2.71 bits per heavy atom. The number of ether oxygens (including phenoxy) is 3. The van der Waals surface area contributed by atoms with Crippen LogP contribution in [0.4, 0.5) is 5.95 Å². The summed E-state index contributed by atoms with van der Waals surface area (Å²) >= 11 is 0. The predicted octanol–water partition coefficient (Wildman–Crippen LogP) is 1.76. The number of esters is 1. The van der Waals surface area contributed by atoms with Crippen molar-refractivity contribution in [2.75, 3.05) is 26.6 Å². The molecule has 1 atom stereocenters. The van der Waals surface area contributed by atoms with Gasteiger partial charge in [0, 0.05) is 11.3 Å². The van der Waals surface area contributed by atoms with Gasteiger partial charge in [-0.3, -0.25) is 0 Å². The van der Waals surface area contributed by atoms with Crippen LogP contribution in [0.25, 0.3) is 0 Å². The van der Waals surface area contributed by atoms with Gasteiger partial charge in [-0.2, -0.15) is 10.1 Å². The Balaban J connectivity index is 2.26. The summed E-state index contributed by atoms with van der Waals surface area (Å²) in [5, 5.41) is 7.32. The van der Waals surface area contributed by atoms with E-state index in [0.29, 0.717) is 28.7 Å². The van der Waals surface area contributed by atoms with Gasteiger partial charge in [0.15, 0.2) is 11.5 Å².